The monoisotopic (exact) mass is 628 g/mol. The summed E-state index contributed by atoms with van der Waals surface area (Å²) in [5.74, 6) is 0.905. The number of fused-ring (bicyclic) bond motifs is 8. The molecule has 3 aromatic heterocycles. The molecular formula is C45H32N4. The van der Waals surface area contributed by atoms with Crippen molar-refractivity contribution in [3.05, 3.63) is 175 Å². The van der Waals surface area contributed by atoms with Crippen LogP contribution >= 0.6 is 0 Å². The van der Waals surface area contributed by atoms with Gasteiger partial charge in [-0.05, 0) is 95.9 Å². The lowest BCUT2D eigenvalue weighted by Crippen LogP contribution is -2.10. The maximum absolute atomic E-state index is 4.67. The Morgan fingerprint density at radius 2 is 1.24 bits per heavy atom. The molecule has 232 valence electrons. The molecule has 1 aliphatic rings. The van der Waals surface area contributed by atoms with Crippen LogP contribution in [0.2, 0.25) is 0 Å². The SMILES string of the molecule is Cc1cccc2c1/C(=C\Cn1c3ccccc3c3cc(-c4ccc5c(c4)c4ccccc4n5-c4ccccc4)ccc31)c1cccnc1N2. The summed E-state index contributed by atoms with van der Waals surface area (Å²) >= 11 is 0. The molecule has 6 aromatic carbocycles. The smallest absolute Gasteiger partial charge is 0.138 e. The van der Waals surface area contributed by atoms with Crippen LogP contribution in [0.3, 0.4) is 0 Å². The van der Waals surface area contributed by atoms with Crippen molar-refractivity contribution in [1.29, 1.82) is 0 Å². The van der Waals surface area contributed by atoms with Gasteiger partial charge < -0.3 is 14.5 Å². The third-order valence-electron chi connectivity index (χ3n) is 10.2. The van der Waals surface area contributed by atoms with Crippen LogP contribution in [0.25, 0.3) is 66.0 Å². The number of aromatic nitrogens is 3. The van der Waals surface area contributed by atoms with Gasteiger partial charge in [0.2, 0.25) is 0 Å². The Labute approximate surface area is 284 Å². The van der Waals surface area contributed by atoms with E-state index in [1.54, 1.807) is 0 Å². The number of anilines is 2. The maximum Gasteiger partial charge on any atom is 0.138 e. The van der Waals surface area contributed by atoms with Gasteiger partial charge in [-0.2, -0.15) is 0 Å². The highest BCUT2D eigenvalue weighted by atomic mass is 15.0. The van der Waals surface area contributed by atoms with Gasteiger partial charge in [0, 0.05) is 67.8 Å². The normalized spacial score (nSPS) is 13.3. The zero-order valence-corrected chi connectivity index (χ0v) is 27.1. The number of rotatable bonds is 4. The van der Waals surface area contributed by atoms with E-state index in [9.17, 15) is 0 Å². The van der Waals surface area contributed by atoms with Gasteiger partial charge in [-0.3, -0.25) is 0 Å². The molecule has 10 rings (SSSR count). The Bertz CT molecular complexity index is 2780. The van der Waals surface area contributed by atoms with Crippen LogP contribution in [0.15, 0.2) is 158 Å². The summed E-state index contributed by atoms with van der Waals surface area (Å²) in [4.78, 5) is 4.67. The zero-order valence-electron chi connectivity index (χ0n) is 27.1. The van der Waals surface area contributed by atoms with E-state index in [1.165, 1.54) is 77.1 Å². The molecule has 0 fully saturated rings. The number of nitrogens with zero attached hydrogens (tertiary/aromatic N) is 3. The van der Waals surface area contributed by atoms with Crippen molar-refractivity contribution in [2.45, 2.75) is 13.5 Å². The lowest BCUT2D eigenvalue weighted by atomic mass is 9.90. The molecule has 4 nitrogen and oxygen atoms in total. The molecule has 0 aliphatic carbocycles. The molecule has 9 aromatic rings. The number of hydrogen-bond donors (Lipinski definition) is 1. The Morgan fingerprint density at radius 3 is 2.06 bits per heavy atom. The number of pyridine rings is 1. The largest absolute Gasteiger partial charge is 0.339 e. The summed E-state index contributed by atoms with van der Waals surface area (Å²) in [5.41, 5.74) is 14.5. The highest BCUT2D eigenvalue weighted by Crippen LogP contribution is 2.42. The Hall–Kier alpha value is -6.39. The van der Waals surface area contributed by atoms with Gasteiger partial charge in [-0.25, -0.2) is 4.98 Å². The summed E-state index contributed by atoms with van der Waals surface area (Å²) in [6.07, 6.45) is 4.23. The zero-order chi connectivity index (χ0) is 32.5. The lowest BCUT2D eigenvalue weighted by molar-refractivity contribution is 0.900. The van der Waals surface area contributed by atoms with Crippen molar-refractivity contribution in [1.82, 2.24) is 14.1 Å². The first kappa shape index (κ1) is 27.7. The minimum Gasteiger partial charge on any atom is -0.339 e. The third kappa shape index (κ3) is 4.27. The van der Waals surface area contributed by atoms with Crippen molar-refractivity contribution in [2.75, 3.05) is 5.32 Å². The highest BCUT2D eigenvalue weighted by Gasteiger charge is 2.22. The van der Waals surface area contributed by atoms with E-state index in [-0.39, 0.29) is 0 Å². The van der Waals surface area contributed by atoms with E-state index in [2.05, 4.69) is 172 Å². The van der Waals surface area contributed by atoms with Gasteiger partial charge in [0.15, 0.2) is 0 Å². The van der Waals surface area contributed by atoms with E-state index in [4.69, 9.17) is 0 Å². The summed E-state index contributed by atoms with van der Waals surface area (Å²) in [6, 6.07) is 52.7. The highest BCUT2D eigenvalue weighted by molar-refractivity contribution is 6.12. The second-order valence-electron chi connectivity index (χ2n) is 12.9. The van der Waals surface area contributed by atoms with Crippen LogP contribution in [0.1, 0.15) is 16.7 Å². The van der Waals surface area contributed by atoms with E-state index in [0.29, 0.717) is 0 Å². The quantitative estimate of drug-likeness (QED) is 0.210. The fourth-order valence-electron chi connectivity index (χ4n) is 7.95. The average molecular weight is 629 g/mol. The van der Waals surface area contributed by atoms with Crippen LogP contribution in [-0.4, -0.2) is 14.1 Å². The number of para-hydroxylation sites is 3. The standard InChI is InChI=1S/C45H32N4/c1-29-11-9-17-39-44(29)35(36-16-10-25-46-45(36)47-39)24-26-48-40-18-7-5-14-33(40)37-27-30(20-22-41(37)48)31-21-23-43-38(28-31)34-15-6-8-19-42(34)49(43)32-12-3-2-4-13-32/h2-25,27-28H,26H2,1H3,(H,46,47)/b35-24-. The molecule has 0 spiro atoms. The first-order valence-corrected chi connectivity index (χ1v) is 16.9. The van der Waals surface area contributed by atoms with Crippen molar-refractivity contribution in [2.24, 2.45) is 0 Å². The third-order valence-corrected chi connectivity index (χ3v) is 10.2. The predicted molar refractivity (Wildman–Crippen MR) is 205 cm³/mol. The molecule has 1 aliphatic heterocycles. The summed E-state index contributed by atoms with van der Waals surface area (Å²) < 4.78 is 4.82. The van der Waals surface area contributed by atoms with E-state index in [1.807, 2.05) is 12.3 Å². The molecule has 0 radical (unpaired) electrons. The molecule has 0 amide bonds. The first-order chi connectivity index (χ1) is 24.2. The Balaban J connectivity index is 1.11. The molecule has 0 bridgehead atoms. The van der Waals surface area contributed by atoms with Crippen LogP contribution in [0.5, 0.6) is 0 Å². The second kappa shape index (κ2) is 10.8. The van der Waals surface area contributed by atoms with E-state index in [0.717, 1.165) is 23.6 Å². The van der Waals surface area contributed by atoms with Crippen LogP contribution in [-0.2, 0) is 6.54 Å². The molecule has 1 N–H and O–H groups in total. The topological polar surface area (TPSA) is 34.8 Å². The van der Waals surface area contributed by atoms with Gasteiger partial charge in [0.05, 0.1) is 11.0 Å². The minimum absolute atomic E-state index is 0.742. The number of hydrogen-bond acceptors (Lipinski definition) is 2. The maximum atomic E-state index is 4.67. The van der Waals surface area contributed by atoms with Gasteiger partial charge in [-0.1, -0.05) is 84.9 Å². The van der Waals surface area contributed by atoms with Gasteiger partial charge in [0.25, 0.3) is 0 Å². The Morgan fingerprint density at radius 1 is 0.592 bits per heavy atom. The fraction of sp³-hybridized carbons (Fsp3) is 0.0444. The number of aryl methyl sites for hydroxylation is 1. The number of benzene rings is 6. The molecule has 4 heterocycles. The summed E-state index contributed by atoms with van der Waals surface area (Å²) in [5, 5.41) is 8.62. The van der Waals surface area contributed by atoms with Crippen LogP contribution in [0.4, 0.5) is 11.5 Å². The molecule has 0 unspecified atom stereocenters. The fourth-order valence-corrected chi connectivity index (χ4v) is 7.95. The number of allylic oxidation sites excluding steroid dienone is 1. The molecular weight excluding hydrogens is 597 g/mol. The lowest BCUT2D eigenvalue weighted by Gasteiger charge is -2.25. The minimum atomic E-state index is 0.742. The predicted octanol–water partition coefficient (Wildman–Crippen LogP) is 11.5. The summed E-state index contributed by atoms with van der Waals surface area (Å²) in [6.45, 7) is 2.93. The molecule has 0 atom stereocenters. The van der Waals surface area contributed by atoms with Gasteiger partial charge >= 0.3 is 0 Å². The molecule has 0 saturated carbocycles. The second-order valence-corrected chi connectivity index (χ2v) is 12.9. The van der Waals surface area contributed by atoms with Crippen molar-refractivity contribution >= 4 is 60.7 Å². The molecule has 49 heavy (non-hydrogen) atoms. The van der Waals surface area contributed by atoms with E-state index < -0.39 is 0 Å². The first-order valence-electron chi connectivity index (χ1n) is 16.9. The van der Waals surface area contributed by atoms with Gasteiger partial charge in [0.1, 0.15) is 5.82 Å². The van der Waals surface area contributed by atoms with Crippen molar-refractivity contribution in [3.8, 4) is 16.8 Å². The van der Waals surface area contributed by atoms with Crippen molar-refractivity contribution in [3.63, 3.8) is 0 Å². The van der Waals surface area contributed by atoms with Crippen LogP contribution in [0, 0.1) is 6.92 Å². The summed E-state index contributed by atoms with van der Waals surface area (Å²) in [7, 11) is 0. The van der Waals surface area contributed by atoms with Gasteiger partial charge in [-0.15, -0.1) is 0 Å². The van der Waals surface area contributed by atoms with Crippen molar-refractivity contribution < 1.29 is 0 Å². The average Bonchev–Trinajstić information content (AvgIpc) is 3.65. The van der Waals surface area contributed by atoms with E-state index >= 15 is 0 Å². The Kier molecular flexibility index (Phi) is 6.12. The molecule has 0 saturated heterocycles. The molecule has 4 heteroatoms. The van der Waals surface area contributed by atoms with Crippen LogP contribution < -0.4 is 5.32 Å². The number of nitrogens with one attached hydrogen (secondary N) is 1.